The quantitative estimate of drug-likeness (QED) is 0.733. The molecule has 0 bridgehead atoms. The first-order chi connectivity index (χ1) is 10.1. The Kier molecular flexibility index (Phi) is 5.30. The van der Waals surface area contributed by atoms with Crippen molar-refractivity contribution in [3.63, 3.8) is 0 Å². The van der Waals surface area contributed by atoms with Gasteiger partial charge in [-0.15, -0.1) is 0 Å². The van der Waals surface area contributed by atoms with E-state index in [9.17, 15) is 9.59 Å². The number of amides is 1. The Morgan fingerprint density at radius 3 is 2.33 bits per heavy atom. The van der Waals surface area contributed by atoms with E-state index in [0.29, 0.717) is 18.7 Å². The molecule has 0 radical (unpaired) electrons. The predicted molar refractivity (Wildman–Crippen MR) is 76.9 cm³/mol. The molecular formula is C15H20N2O4. The van der Waals surface area contributed by atoms with Gasteiger partial charge in [-0.1, -0.05) is 12.1 Å². The molecule has 1 heterocycles. The summed E-state index contributed by atoms with van der Waals surface area (Å²) in [5, 5.41) is 20.7. The minimum Gasteiger partial charge on any atom is -0.480 e. The summed E-state index contributed by atoms with van der Waals surface area (Å²) in [5.74, 6) is -0.947. The van der Waals surface area contributed by atoms with E-state index in [1.165, 1.54) is 0 Å². The summed E-state index contributed by atoms with van der Waals surface area (Å²) in [4.78, 5) is 24.6. The number of aliphatic carboxylic acids is 1. The van der Waals surface area contributed by atoms with Crippen LogP contribution in [0.1, 0.15) is 28.8 Å². The van der Waals surface area contributed by atoms with Gasteiger partial charge in [-0.25, -0.2) is 0 Å². The van der Waals surface area contributed by atoms with Crippen LogP contribution in [-0.2, 0) is 11.4 Å². The van der Waals surface area contributed by atoms with E-state index in [1.54, 1.807) is 24.3 Å². The molecule has 1 aromatic carbocycles. The molecule has 1 aliphatic rings. The van der Waals surface area contributed by atoms with Gasteiger partial charge >= 0.3 is 5.97 Å². The van der Waals surface area contributed by atoms with E-state index in [0.717, 1.165) is 18.4 Å². The van der Waals surface area contributed by atoms with Crippen molar-refractivity contribution in [1.82, 2.24) is 10.2 Å². The van der Waals surface area contributed by atoms with E-state index in [-0.39, 0.29) is 25.1 Å². The minimum absolute atomic E-state index is 0.0378. The highest BCUT2D eigenvalue weighted by Crippen LogP contribution is 2.11. The zero-order chi connectivity index (χ0) is 15.2. The molecule has 6 heteroatoms. The fourth-order valence-corrected chi connectivity index (χ4v) is 2.46. The number of likely N-dealkylation sites (tertiary alicyclic amines) is 1. The van der Waals surface area contributed by atoms with Crippen molar-refractivity contribution in [3.05, 3.63) is 35.4 Å². The fraction of sp³-hybridized carbons (Fsp3) is 0.467. The number of aliphatic hydroxyl groups excluding tert-OH is 1. The molecule has 0 atom stereocenters. The van der Waals surface area contributed by atoms with Crippen LogP contribution in [0, 0.1) is 0 Å². The average molecular weight is 292 g/mol. The maximum Gasteiger partial charge on any atom is 0.317 e. The van der Waals surface area contributed by atoms with Gasteiger partial charge in [0.05, 0.1) is 13.2 Å². The Hall–Kier alpha value is -1.92. The molecule has 1 fully saturated rings. The van der Waals surface area contributed by atoms with Gasteiger partial charge in [0.1, 0.15) is 0 Å². The van der Waals surface area contributed by atoms with E-state index >= 15 is 0 Å². The number of hydrogen-bond donors (Lipinski definition) is 3. The highest BCUT2D eigenvalue weighted by molar-refractivity contribution is 5.94. The third-order valence-electron chi connectivity index (χ3n) is 3.68. The molecule has 0 spiro atoms. The lowest BCUT2D eigenvalue weighted by Crippen LogP contribution is -2.45. The van der Waals surface area contributed by atoms with Gasteiger partial charge in [-0.05, 0) is 30.5 Å². The van der Waals surface area contributed by atoms with Crippen molar-refractivity contribution >= 4 is 11.9 Å². The molecular weight excluding hydrogens is 272 g/mol. The van der Waals surface area contributed by atoms with Gasteiger partial charge in [0.15, 0.2) is 0 Å². The maximum atomic E-state index is 12.1. The molecule has 6 nitrogen and oxygen atoms in total. The molecule has 1 saturated heterocycles. The van der Waals surface area contributed by atoms with Crippen molar-refractivity contribution in [2.24, 2.45) is 0 Å². The van der Waals surface area contributed by atoms with Crippen LogP contribution in [0.3, 0.4) is 0 Å². The molecule has 1 aliphatic heterocycles. The van der Waals surface area contributed by atoms with Crippen molar-refractivity contribution < 1.29 is 19.8 Å². The van der Waals surface area contributed by atoms with Crippen LogP contribution in [0.25, 0.3) is 0 Å². The third-order valence-corrected chi connectivity index (χ3v) is 3.68. The second kappa shape index (κ2) is 7.19. The van der Waals surface area contributed by atoms with Crippen molar-refractivity contribution in [2.75, 3.05) is 19.6 Å². The number of benzene rings is 1. The average Bonchev–Trinajstić information content (AvgIpc) is 2.49. The molecule has 0 aliphatic carbocycles. The van der Waals surface area contributed by atoms with Gasteiger partial charge in [0, 0.05) is 24.7 Å². The summed E-state index contributed by atoms with van der Waals surface area (Å²) >= 11 is 0. The summed E-state index contributed by atoms with van der Waals surface area (Å²) in [6, 6.07) is 6.93. The first-order valence-corrected chi connectivity index (χ1v) is 7.03. The lowest BCUT2D eigenvalue weighted by atomic mass is 10.0. The van der Waals surface area contributed by atoms with Crippen molar-refractivity contribution in [2.45, 2.75) is 25.5 Å². The Morgan fingerprint density at radius 1 is 1.19 bits per heavy atom. The van der Waals surface area contributed by atoms with E-state index in [4.69, 9.17) is 10.2 Å². The topological polar surface area (TPSA) is 89.9 Å². The molecule has 114 valence electrons. The highest BCUT2D eigenvalue weighted by atomic mass is 16.4. The van der Waals surface area contributed by atoms with Crippen LogP contribution < -0.4 is 5.32 Å². The lowest BCUT2D eigenvalue weighted by Gasteiger charge is -2.31. The Labute approximate surface area is 123 Å². The number of carbonyl (C=O) groups is 2. The lowest BCUT2D eigenvalue weighted by molar-refractivity contribution is -0.138. The minimum atomic E-state index is -0.818. The molecule has 0 aromatic heterocycles. The number of nitrogens with one attached hydrogen (secondary N) is 1. The van der Waals surface area contributed by atoms with E-state index in [1.807, 2.05) is 4.90 Å². The zero-order valence-corrected chi connectivity index (χ0v) is 11.8. The van der Waals surface area contributed by atoms with Crippen molar-refractivity contribution in [3.8, 4) is 0 Å². The number of carbonyl (C=O) groups excluding carboxylic acids is 1. The summed E-state index contributed by atoms with van der Waals surface area (Å²) in [7, 11) is 0. The maximum absolute atomic E-state index is 12.1. The number of nitrogens with zero attached hydrogens (tertiary/aromatic N) is 1. The molecule has 1 amide bonds. The number of carboxylic acids is 1. The Morgan fingerprint density at radius 2 is 1.81 bits per heavy atom. The van der Waals surface area contributed by atoms with E-state index in [2.05, 4.69) is 5.32 Å². The number of aliphatic hydroxyl groups is 1. The molecule has 1 aromatic rings. The van der Waals surface area contributed by atoms with Crippen LogP contribution in [0.4, 0.5) is 0 Å². The van der Waals surface area contributed by atoms with Crippen molar-refractivity contribution in [1.29, 1.82) is 0 Å². The first-order valence-electron chi connectivity index (χ1n) is 7.03. The second-order valence-corrected chi connectivity index (χ2v) is 5.27. The molecule has 3 N–H and O–H groups in total. The molecule has 0 unspecified atom stereocenters. The smallest absolute Gasteiger partial charge is 0.317 e. The van der Waals surface area contributed by atoms with Gasteiger partial charge in [-0.2, -0.15) is 0 Å². The van der Waals surface area contributed by atoms with Crippen LogP contribution in [-0.4, -0.2) is 52.7 Å². The van der Waals surface area contributed by atoms with Gasteiger partial charge in [-0.3, -0.25) is 14.5 Å². The zero-order valence-electron chi connectivity index (χ0n) is 11.8. The first kappa shape index (κ1) is 15.5. The van der Waals surface area contributed by atoms with Gasteiger partial charge in [0.2, 0.25) is 0 Å². The van der Waals surface area contributed by atoms with Crippen LogP contribution in [0.2, 0.25) is 0 Å². The summed E-state index contributed by atoms with van der Waals surface area (Å²) in [6.07, 6.45) is 1.52. The predicted octanol–water partition coefficient (Wildman–Crippen LogP) is 0.458. The molecule has 0 saturated carbocycles. The number of rotatable bonds is 5. The Balaban J connectivity index is 1.82. The third kappa shape index (κ3) is 4.54. The van der Waals surface area contributed by atoms with Gasteiger partial charge < -0.3 is 15.5 Å². The molecule has 21 heavy (non-hydrogen) atoms. The number of carboxylic acid groups (broad SMARTS) is 1. The standard InChI is InChI=1S/C15H20N2O4/c18-10-11-1-3-12(4-2-11)15(21)16-13-5-7-17(8-6-13)9-14(19)20/h1-4,13,18H,5-10H2,(H,16,21)(H,19,20). The number of hydrogen-bond acceptors (Lipinski definition) is 4. The Bertz CT molecular complexity index is 493. The summed E-state index contributed by atoms with van der Waals surface area (Å²) in [5.41, 5.74) is 1.34. The number of piperidine rings is 1. The summed E-state index contributed by atoms with van der Waals surface area (Å²) < 4.78 is 0. The van der Waals surface area contributed by atoms with Crippen LogP contribution in [0.15, 0.2) is 24.3 Å². The monoisotopic (exact) mass is 292 g/mol. The van der Waals surface area contributed by atoms with Crippen LogP contribution in [0.5, 0.6) is 0 Å². The fourth-order valence-electron chi connectivity index (χ4n) is 2.46. The van der Waals surface area contributed by atoms with Gasteiger partial charge in [0.25, 0.3) is 5.91 Å². The summed E-state index contributed by atoms with van der Waals surface area (Å²) in [6.45, 7) is 1.38. The highest BCUT2D eigenvalue weighted by Gasteiger charge is 2.22. The van der Waals surface area contributed by atoms with E-state index < -0.39 is 5.97 Å². The molecule has 2 rings (SSSR count). The SMILES string of the molecule is O=C(O)CN1CCC(NC(=O)c2ccc(CO)cc2)CC1. The van der Waals surface area contributed by atoms with Crippen LogP contribution >= 0.6 is 0 Å². The largest absolute Gasteiger partial charge is 0.480 e. The second-order valence-electron chi connectivity index (χ2n) is 5.27. The normalized spacial score (nSPS) is 16.6.